The number of hydrogen-bond acceptors (Lipinski definition) is 4. The summed E-state index contributed by atoms with van der Waals surface area (Å²) in [5.74, 6) is 1.78. The molecule has 2 N–H and O–H groups in total. The molecule has 72 valence electrons. The minimum absolute atomic E-state index is 0.0993. The fourth-order valence-electron chi connectivity index (χ4n) is 0.676. The van der Waals surface area contributed by atoms with E-state index in [0.717, 1.165) is 24.5 Å². The van der Waals surface area contributed by atoms with E-state index in [1.807, 2.05) is 6.92 Å². The van der Waals surface area contributed by atoms with Crippen LogP contribution in [-0.4, -0.2) is 30.6 Å². The maximum Gasteiger partial charge on any atom is 0.306 e. The molecule has 4 heteroatoms. The molecule has 0 bridgehead atoms. The Morgan fingerprint density at radius 2 is 2.25 bits per heavy atom. The maximum atomic E-state index is 10.8. The van der Waals surface area contributed by atoms with Gasteiger partial charge in [-0.1, -0.05) is 0 Å². The van der Waals surface area contributed by atoms with Gasteiger partial charge in [-0.25, -0.2) is 0 Å². The van der Waals surface area contributed by atoms with Gasteiger partial charge in [0.2, 0.25) is 0 Å². The minimum atomic E-state index is -0.0993. The van der Waals surface area contributed by atoms with Crippen LogP contribution in [0.15, 0.2) is 0 Å². The van der Waals surface area contributed by atoms with Crippen LogP contribution in [-0.2, 0) is 9.53 Å². The molecule has 0 radical (unpaired) electrons. The Morgan fingerprint density at radius 1 is 1.50 bits per heavy atom. The van der Waals surface area contributed by atoms with Gasteiger partial charge in [0.15, 0.2) is 0 Å². The highest BCUT2D eigenvalue weighted by atomic mass is 32.2. The summed E-state index contributed by atoms with van der Waals surface area (Å²) in [7, 11) is 0. The number of esters is 1. The average Bonchev–Trinajstić information content (AvgIpc) is 2.05. The van der Waals surface area contributed by atoms with E-state index >= 15 is 0 Å². The molecule has 0 aromatic heterocycles. The topological polar surface area (TPSA) is 52.3 Å². The molecule has 0 fully saturated rings. The van der Waals surface area contributed by atoms with E-state index in [1.165, 1.54) is 0 Å². The Hall–Kier alpha value is -0.220. The largest absolute Gasteiger partial charge is 0.466 e. The first kappa shape index (κ1) is 11.8. The molecule has 3 nitrogen and oxygen atoms in total. The van der Waals surface area contributed by atoms with Crippen LogP contribution in [0.25, 0.3) is 0 Å². The van der Waals surface area contributed by atoms with Gasteiger partial charge in [0.05, 0.1) is 13.0 Å². The monoisotopic (exact) mass is 191 g/mol. The predicted molar refractivity (Wildman–Crippen MR) is 52.2 cm³/mol. The lowest BCUT2D eigenvalue weighted by atomic mass is 10.5. The third-order valence-electron chi connectivity index (χ3n) is 1.25. The van der Waals surface area contributed by atoms with Gasteiger partial charge in [0.1, 0.15) is 0 Å². The zero-order chi connectivity index (χ0) is 9.23. The van der Waals surface area contributed by atoms with Crippen molar-refractivity contribution in [3.8, 4) is 0 Å². The highest BCUT2D eigenvalue weighted by molar-refractivity contribution is 7.99. The predicted octanol–water partition coefficient (Wildman–Crippen LogP) is 1.02. The Labute approximate surface area is 78.0 Å². The van der Waals surface area contributed by atoms with Crippen LogP contribution in [0, 0.1) is 0 Å². The van der Waals surface area contributed by atoms with E-state index in [9.17, 15) is 4.79 Å². The summed E-state index contributed by atoms with van der Waals surface area (Å²) in [6, 6.07) is 0. The molecule has 0 saturated carbocycles. The standard InChI is InChI=1S/C8H17NO2S/c1-2-11-8(10)4-7-12-6-3-5-9/h2-7,9H2,1H3. The number of carbonyl (C=O) groups excluding carboxylic acids is 1. The second-order valence-corrected chi connectivity index (χ2v) is 3.53. The smallest absolute Gasteiger partial charge is 0.306 e. The van der Waals surface area contributed by atoms with Crippen LogP contribution in [0.3, 0.4) is 0 Å². The summed E-state index contributed by atoms with van der Waals surface area (Å²) in [6.07, 6.45) is 1.54. The number of thioether (sulfide) groups is 1. The summed E-state index contributed by atoms with van der Waals surface area (Å²) in [6.45, 7) is 3.03. The first-order valence-electron chi connectivity index (χ1n) is 4.24. The number of rotatable bonds is 7. The summed E-state index contributed by atoms with van der Waals surface area (Å²) in [5.41, 5.74) is 5.31. The van der Waals surface area contributed by atoms with E-state index in [0.29, 0.717) is 13.0 Å². The molecule has 12 heavy (non-hydrogen) atoms. The molecule has 0 aromatic carbocycles. The molecular formula is C8H17NO2S. The van der Waals surface area contributed by atoms with E-state index < -0.39 is 0 Å². The van der Waals surface area contributed by atoms with Crippen LogP contribution in [0.2, 0.25) is 0 Å². The van der Waals surface area contributed by atoms with Crippen molar-refractivity contribution in [1.82, 2.24) is 0 Å². The van der Waals surface area contributed by atoms with Crippen molar-refractivity contribution in [2.45, 2.75) is 19.8 Å². The summed E-state index contributed by atoms with van der Waals surface area (Å²) < 4.78 is 4.77. The van der Waals surface area contributed by atoms with E-state index in [4.69, 9.17) is 10.5 Å². The summed E-state index contributed by atoms with van der Waals surface area (Å²) in [5, 5.41) is 0. The Kier molecular flexibility index (Phi) is 8.71. The molecule has 0 heterocycles. The van der Waals surface area contributed by atoms with Gasteiger partial charge in [0, 0.05) is 5.75 Å². The van der Waals surface area contributed by atoms with Crippen LogP contribution in [0.5, 0.6) is 0 Å². The molecule has 0 aromatic rings. The Bertz CT molecular complexity index is 120. The second-order valence-electron chi connectivity index (χ2n) is 2.31. The van der Waals surface area contributed by atoms with Crippen molar-refractivity contribution in [3.05, 3.63) is 0 Å². The maximum absolute atomic E-state index is 10.8. The van der Waals surface area contributed by atoms with Gasteiger partial charge in [-0.05, 0) is 25.6 Å². The lowest BCUT2D eigenvalue weighted by Gasteiger charge is -2.00. The zero-order valence-corrected chi connectivity index (χ0v) is 8.36. The lowest BCUT2D eigenvalue weighted by molar-refractivity contribution is -0.142. The third-order valence-corrected chi connectivity index (χ3v) is 2.32. The molecule has 0 saturated heterocycles. The van der Waals surface area contributed by atoms with Crippen LogP contribution >= 0.6 is 11.8 Å². The van der Waals surface area contributed by atoms with Gasteiger partial charge < -0.3 is 10.5 Å². The zero-order valence-electron chi connectivity index (χ0n) is 7.54. The first-order chi connectivity index (χ1) is 5.81. The molecule has 0 aliphatic rings. The fraction of sp³-hybridized carbons (Fsp3) is 0.875. The average molecular weight is 191 g/mol. The fourth-order valence-corrected chi connectivity index (χ4v) is 1.56. The van der Waals surface area contributed by atoms with Crippen molar-refractivity contribution in [1.29, 1.82) is 0 Å². The first-order valence-corrected chi connectivity index (χ1v) is 5.40. The quantitative estimate of drug-likeness (QED) is 0.482. The molecule has 0 spiro atoms. The molecule has 0 amide bonds. The van der Waals surface area contributed by atoms with Crippen molar-refractivity contribution in [3.63, 3.8) is 0 Å². The number of ether oxygens (including phenoxy) is 1. The molecule has 0 aliphatic heterocycles. The van der Waals surface area contributed by atoms with Crippen LogP contribution < -0.4 is 5.73 Å². The van der Waals surface area contributed by atoms with Gasteiger partial charge >= 0.3 is 5.97 Å². The van der Waals surface area contributed by atoms with Crippen LogP contribution in [0.1, 0.15) is 19.8 Å². The molecule has 0 rings (SSSR count). The van der Waals surface area contributed by atoms with Crippen LogP contribution in [0.4, 0.5) is 0 Å². The number of nitrogens with two attached hydrogens (primary N) is 1. The Balaban J connectivity index is 3.03. The second kappa shape index (κ2) is 8.87. The highest BCUT2D eigenvalue weighted by Crippen LogP contribution is 2.04. The SMILES string of the molecule is CCOC(=O)CCSCCCN. The van der Waals surface area contributed by atoms with Gasteiger partial charge in [0.25, 0.3) is 0 Å². The van der Waals surface area contributed by atoms with Crippen molar-refractivity contribution in [2.75, 3.05) is 24.7 Å². The van der Waals surface area contributed by atoms with Crippen molar-refractivity contribution < 1.29 is 9.53 Å². The van der Waals surface area contributed by atoms with Gasteiger partial charge in [-0.3, -0.25) is 4.79 Å². The lowest BCUT2D eigenvalue weighted by Crippen LogP contribution is -2.05. The molecule has 0 unspecified atom stereocenters. The normalized spacial score (nSPS) is 9.83. The Morgan fingerprint density at radius 3 is 2.83 bits per heavy atom. The number of carbonyl (C=O) groups is 1. The van der Waals surface area contributed by atoms with Gasteiger partial charge in [-0.2, -0.15) is 11.8 Å². The summed E-state index contributed by atoms with van der Waals surface area (Å²) >= 11 is 1.75. The molecule has 0 atom stereocenters. The van der Waals surface area contributed by atoms with E-state index in [2.05, 4.69) is 0 Å². The summed E-state index contributed by atoms with van der Waals surface area (Å²) in [4.78, 5) is 10.8. The van der Waals surface area contributed by atoms with Gasteiger partial charge in [-0.15, -0.1) is 0 Å². The molecule has 0 aliphatic carbocycles. The third kappa shape index (κ3) is 7.88. The van der Waals surface area contributed by atoms with E-state index in [-0.39, 0.29) is 5.97 Å². The molecular weight excluding hydrogens is 174 g/mol. The number of hydrogen-bond donors (Lipinski definition) is 1. The van der Waals surface area contributed by atoms with Crippen molar-refractivity contribution >= 4 is 17.7 Å². The highest BCUT2D eigenvalue weighted by Gasteiger charge is 1.99. The van der Waals surface area contributed by atoms with E-state index in [1.54, 1.807) is 11.8 Å². The minimum Gasteiger partial charge on any atom is -0.466 e. The van der Waals surface area contributed by atoms with Crippen molar-refractivity contribution in [2.24, 2.45) is 5.73 Å².